The van der Waals surface area contributed by atoms with Gasteiger partial charge in [-0.3, -0.25) is 0 Å². The molecule has 0 aliphatic carbocycles. The van der Waals surface area contributed by atoms with Crippen LogP contribution < -0.4 is 4.74 Å². The second-order valence-electron chi connectivity index (χ2n) is 2.54. The average Bonchev–Trinajstić information content (AvgIpc) is 2.56. The van der Waals surface area contributed by atoms with Crippen molar-refractivity contribution in [1.82, 2.24) is 0 Å². The Labute approximate surface area is 93.4 Å². The minimum absolute atomic E-state index is 0.762. The number of hydrogen-bond acceptors (Lipinski definition) is 2. The Hall–Kier alpha value is -0.250. The van der Waals surface area contributed by atoms with Crippen LogP contribution in [0.1, 0.15) is 0 Å². The van der Waals surface area contributed by atoms with Crippen LogP contribution in [0.15, 0.2) is 22.7 Å². The van der Waals surface area contributed by atoms with Gasteiger partial charge in [-0.15, -0.1) is 0 Å². The molecule has 68 valence electrons. The molecule has 0 bridgehead atoms. The predicted molar refractivity (Wildman–Crippen MR) is 61.1 cm³/mol. The van der Waals surface area contributed by atoms with E-state index in [-0.39, 0.29) is 0 Å². The van der Waals surface area contributed by atoms with Crippen molar-refractivity contribution in [3.63, 3.8) is 0 Å². The first-order valence-electron chi connectivity index (χ1n) is 3.64. The van der Waals surface area contributed by atoms with E-state index in [1.165, 1.54) is 0 Å². The number of fused-ring (bicyclic) bond motifs is 1. The number of methoxy groups -OCH3 is 1. The van der Waals surface area contributed by atoms with Crippen molar-refractivity contribution in [3.8, 4) is 5.06 Å². The molecule has 0 aliphatic heterocycles. The molecule has 0 amide bonds. The smallest absolute Gasteiger partial charge is 0.174 e. The second kappa shape index (κ2) is 3.48. The number of halogens is 2. The molecule has 0 fully saturated rings. The highest BCUT2D eigenvalue weighted by molar-refractivity contribution is 9.10. The van der Waals surface area contributed by atoms with E-state index in [1.54, 1.807) is 18.4 Å². The minimum Gasteiger partial charge on any atom is -0.487 e. The fourth-order valence-corrected chi connectivity index (χ4v) is 2.90. The number of rotatable bonds is 1. The first-order valence-corrected chi connectivity index (χ1v) is 5.62. The Morgan fingerprint density at radius 3 is 2.85 bits per heavy atom. The van der Waals surface area contributed by atoms with Crippen molar-refractivity contribution in [2.24, 2.45) is 0 Å². The van der Waals surface area contributed by atoms with Crippen LogP contribution in [0.2, 0.25) is 5.02 Å². The predicted octanol–water partition coefficient (Wildman–Crippen LogP) is 4.33. The van der Waals surface area contributed by atoms with Crippen LogP contribution >= 0.6 is 38.9 Å². The minimum atomic E-state index is 0.762. The molecule has 0 atom stereocenters. The van der Waals surface area contributed by atoms with Crippen LogP contribution in [0, 0.1) is 0 Å². The Morgan fingerprint density at radius 1 is 1.46 bits per heavy atom. The van der Waals surface area contributed by atoms with E-state index in [9.17, 15) is 0 Å². The van der Waals surface area contributed by atoms with Crippen molar-refractivity contribution < 1.29 is 4.74 Å². The maximum atomic E-state index is 6.03. The highest BCUT2D eigenvalue weighted by atomic mass is 79.9. The lowest BCUT2D eigenvalue weighted by Crippen LogP contribution is -1.73. The number of benzene rings is 1. The zero-order valence-corrected chi connectivity index (χ0v) is 9.96. The van der Waals surface area contributed by atoms with Gasteiger partial charge in [-0.05, 0) is 28.1 Å². The largest absolute Gasteiger partial charge is 0.487 e. The van der Waals surface area contributed by atoms with Crippen molar-refractivity contribution in [3.05, 3.63) is 27.7 Å². The van der Waals surface area contributed by atoms with E-state index in [0.29, 0.717) is 0 Å². The monoisotopic (exact) mass is 276 g/mol. The summed E-state index contributed by atoms with van der Waals surface area (Å²) < 4.78 is 7.33. The molecule has 13 heavy (non-hydrogen) atoms. The third kappa shape index (κ3) is 1.56. The molecule has 4 heteroatoms. The summed E-state index contributed by atoms with van der Waals surface area (Å²) in [5.74, 6) is 0. The van der Waals surface area contributed by atoms with Crippen LogP contribution in [0.5, 0.6) is 5.06 Å². The summed E-state index contributed by atoms with van der Waals surface area (Å²) in [5.41, 5.74) is 0. The summed E-state index contributed by atoms with van der Waals surface area (Å²) >= 11 is 11.1. The van der Waals surface area contributed by atoms with Gasteiger partial charge in [0.05, 0.1) is 11.8 Å². The highest BCUT2D eigenvalue weighted by Crippen LogP contribution is 2.39. The molecule has 1 aromatic carbocycles. The number of thiophene rings is 1. The lowest BCUT2D eigenvalue weighted by Gasteiger charge is -1.94. The third-order valence-corrected chi connectivity index (χ3v) is 4.14. The van der Waals surface area contributed by atoms with Gasteiger partial charge < -0.3 is 4.74 Å². The van der Waals surface area contributed by atoms with Crippen LogP contribution in [0.3, 0.4) is 0 Å². The van der Waals surface area contributed by atoms with Gasteiger partial charge in [0.25, 0.3) is 0 Å². The molecular formula is C9H6BrClOS. The maximum Gasteiger partial charge on any atom is 0.174 e. The zero-order valence-electron chi connectivity index (χ0n) is 6.80. The van der Waals surface area contributed by atoms with Crippen LogP contribution in [0.4, 0.5) is 0 Å². The fraction of sp³-hybridized carbons (Fsp3) is 0.111. The van der Waals surface area contributed by atoms with E-state index < -0.39 is 0 Å². The third-order valence-electron chi connectivity index (χ3n) is 1.76. The normalized spacial score (nSPS) is 10.7. The molecule has 2 rings (SSSR count). The number of hydrogen-bond donors (Lipinski definition) is 0. The summed E-state index contributed by atoms with van der Waals surface area (Å²) in [6.07, 6.45) is 0. The quantitative estimate of drug-likeness (QED) is 0.754. The molecule has 0 saturated carbocycles. The van der Waals surface area contributed by atoms with Gasteiger partial charge in [0.15, 0.2) is 5.06 Å². The van der Waals surface area contributed by atoms with Crippen LogP contribution in [-0.4, -0.2) is 7.11 Å². The molecule has 0 aliphatic rings. The van der Waals surface area contributed by atoms with E-state index in [4.69, 9.17) is 16.3 Å². The zero-order chi connectivity index (χ0) is 9.42. The van der Waals surface area contributed by atoms with E-state index in [2.05, 4.69) is 15.9 Å². The maximum absolute atomic E-state index is 6.03. The van der Waals surface area contributed by atoms with E-state index >= 15 is 0 Å². The van der Waals surface area contributed by atoms with Crippen molar-refractivity contribution in [1.29, 1.82) is 0 Å². The van der Waals surface area contributed by atoms with Gasteiger partial charge in [-0.25, -0.2) is 0 Å². The molecule has 0 saturated heterocycles. The van der Waals surface area contributed by atoms with Gasteiger partial charge in [-0.1, -0.05) is 22.9 Å². The van der Waals surface area contributed by atoms with Gasteiger partial charge >= 0.3 is 0 Å². The van der Waals surface area contributed by atoms with Crippen molar-refractivity contribution in [2.75, 3.05) is 7.11 Å². The molecule has 1 heterocycles. The summed E-state index contributed by atoms with van der Waals surface area (Å²) in [5, 5.41) is 2.68. The van der Waals surface area contributed by atoms with Crippen LogP contribution in [0.25, 0.3) is 10.1 Å². The lowest BCUT2D eigenvalue weighted by molar-refractivity contribution is 0.427. The summed E-state index contributed by atoms with van der Waals surface area (Å²) in [7, 11) is 1.66. The fourth-order valence-electron chi connectivity index (χ4n) is 1.14. The molecule has 1 aromatic heterocycles. The van der Waals surface area contributed by atoms with Gasteiger partial charge in [-0.2, -0.15) is 0 Å². The average molecular weight is 278 g/mol. The van der Waals surface area contributed by atoms with E-state index in [1.807, 2.05) is 18.2 Å². The molecule has 0 spiro atoms. The molecule has 2 aromatic rings. The first-order chi connectivity index (χ1) is 6.22. The SMILES string of the molecule is COc1cc2c(Cl)ccc(Br)c2s1. The lowest BCUT2D eigenvalue weighted by atomic mass is 10.3. The molecule has 0 radical (unpaired) electrons. The summed E-state index contributed by atoms with van der Waals surface area (Å²) in [4.78, 5) is 0. The number of ether oxygens (including phenoxy) is 1. The van der Waals surface area contributed by atoms with E-state index in [0.717, 1.165) is 24.6 Å². The Morgan fingerprint density at radius 2 is 2.23 bits per heavy atom. The van der Waals surface area contributed by atoms with Gasteiger partial charge in [0.1, 0.15) is 0 Å². The molecule has 0 unspecified atom stereocenters. The molecular weight excluding hydrogens is 272 g/mol. The summed E-state index contributed by atoms with van der Waals surface area (Å²) in [6, 6.07) is 5.77. The Balaban J connectivity index is 2.80. The van der Waals surface area contributed by atoms with Gasteiger partial charge in [0, 0.05) is 20.9 Å². The topological polar surface area (TPSA) is 9.23 Å². The van der Waals surface area contributed by atoms with Crippen LogP contribution in [-0.2, 0) is 0 Å². The Kier molecular flexibility index (Phi) is 2.49. The van der Waals surface area contributed by atoms with Gasteiger partial charge in [0.2, 0.25) is 0 Å². The molecule has 1 nitrogen and oxygen atoms in total. The highest BCUT2D eigenvalue weighted by Gasteiger charge is 2.07. The van der Waals surface area contributed by atoms with Crippen molar-refractivity contribution >= 4 is 49.0 Å². The first kappa shape index (κ1) is 9.31. The molecule has 0 N–H and O–H groups in total. The van der Waals surface area contributed by atoms with Crippen molar-refractivity contribution in [2.45, 2.75) is 0 Å². The Bertz CT molecular complexity index is 413. The second-order valence-corrected chi connectivity index (χ2v) is 4.82. The standard InChI is InChI=1S/C9H6BrClOS/c1-12-8-4-5-7(11)3-2-6(10)9(5)13-8/h2-4H,1H3. The summed E-state index contributed by atoms with van der Waals surface area (Å²) in [6.45, 7) is 0.